The first-order valence-electron chi connectivity index (χ1n) is 11.8. The largest absolute Gasteiger partial charge is 0.434 e. The number of hydrogen-bond acceptors (Lipinski definition) is 4. The van der Waals surface area contributed by atoms with Gasteiger partial charge < -0.3 is 19.5 Å². The minimum absolute atomic E-state index is 0.0138. The molecule has 0 radical (unpaired) electrons. The van der Waals surface area contributed by atoms with Crippen LogP contribution in [0.2, 0.25) is 0 Å². The molecule has 1 saturated heterocycles. The van der Waals surface area contributed by atoms with Crippen molar-refractivity contribution in [1.82, 2.24) is 14.5 Å². The average molecular weight is 481 g/mol. The first-order chi connectivity index (χ1) is 17.0. The van der Waals surface area contributed by atoms with Gasteiger partial charge in [0, 0.05) is 36.2 Å². The molecule has 1 N–H and O–H groups in total. The van der Waals surface area contributed by atoms with Crippen LogP contribution in [0.25, 0.3) is 11.4 Å². The number of carbonyl (C=O) groups excluding carboxylic acids is 2. The number of likely N-dealkylation sites (tertiary alicyclic amines) is 1. The molecule has 182 valence electrons. The third kappa shape index (κ3) is 4.76. The van der Waals surface area contributed by atoms with Crippen LogP contribution in [0.3, 0.4) is 0 Å². The van der Waals surface area contributed by atoms with Crippen molar-refractivity contribution >= 4 is 17.5 Å². The summed E-state index contributed by atoms with van der Waals surface area (Å²) in [5, 5.41) is 2.89. The summed E-state index contributed by atoms with van der Waals surface area (Å²) in [6.45, 7) is -1.72. The van der Waals surface area contributed by atoms with Crippen LogP contribution >= 0.6 is 0 Å². The topological polar surface area (TPSA) is 76.5 Å². The van der Waals surface area contributed by atoms with Crippen LogP contribution in [0.4, 0.5) is 14.5 Å². The van der Waals surface area contributed by atoms with E-state index in [4.69, 9.17) is 0 Å². The van der Waals surface area contributed by atoms with Gasteiger partial charge in [-0.05, 0) is 68.5 Å². The third-order valence-corrected chi connectivity index (χ3v) is 6.56. The summed E-state index contributed by atoms with van der Waals surface area (Å²) in [7, 11) is 0. The van der Waals surface area contributed by atoms with Gasteiger partial charge in [0.25, 0.3) is 5.91 Å². The zero-order valence-electron chi connectivity index (χ0n) is 19.1. The van der Waals surface area contributed by atoms with E-state index in [9.17, 15) is 18.4 Å². The monoisotopic (exact) mass is 480 g/mol. The van der Waals surface area contributed by atoms with E-state index in [0.29, 0.717) is 25.1 Å². The number of para-hydroxylation sites is 1. The van der Waals surface area contributed by atoms with E-state index < -0.39 is 18.6 Å². The molecule has 2 aliphatic heterocycles. The molecular formula is C26H26F2N4O3. The lowest BCUT2D eigenvalue weighted by molar-refractivity contribution is -0.119. The number of nitrogens with one attached hydrogen (secondary N) is 1. The van der Waals surface area contributed by atoms with Crippen LogP contribution in [0.15, 0.2) is 54.7 Å². The van der Waals surface area contributed by atoms with E-state index in [2.05, 4.69) is 19.6 Å². The molecule has 2 aliphatic rings. The Morgan fingerprint density at radius 3 is 2.63 bits per heavy atom. The van der Waals surface area contributed by atoms with E-state index in [1.165, 1.54) is 35.2 Å². The second kappa shape index (κ2) is 9.85. The van der Waals surface area contributed by atoms with Crippen LogP contribution in [0, 0.1) is 0 Å². The Morgan fingerprint density at radius 2 is 1.83 bits per heavy atom. The van der Waals surface area contributed by atoms with Gasteiger partial charge in [0.15, 0.2) is 0 Å². The lowest BCUT2D eigenvalue weighted by Gasteiger charge is -2.25. The molecule has 3 heterocycles. The summed E-state index contributed by atoms with van der Waals surface area (Å²) in [6.07, 6.45) is 6.43. The number of carbonyl (C=O) groups is 2. The zero-order chi connectivity index (χ0) is 24.4. The van der Waals surface area contributed by atoms with Crippen LogP contribution in [0.1, 0.15) is 41.7 Å². The molecule has 0 spiro atoms. The number of amides is 2. The lowest BCUT2D eigenvalue weighted by Crippen LogP contribution is -2.43. The molecule has 0 bridgehead atoms. The highest BCUT2D eigenvalue weighted by Crippen LogP contribution is 2.28. The van der Waals surface area contributed by atoms with Gasteiger partial charge in [-0.3, -0.25) is 9.59 Å². The molecule has 1 aromatic heterocycles. The van der Waals surface area contributed by atoms with Crippen molar-refractivity contribution in [3.05, 3.63) is 66.0 Å². The van der Waals surface area contributed by atoms with Gasteiger partial charge in [0.05, 0.1) is 5.56 Å². The van der Waals surface area contributed by atoms with Crippen molar-refractivity contribution in [3.8, 4) is 17.1 Å². The summed E-state index contributed by atoms with van der Waals surface area (Å²) in [4.78, 5) is 32.2. The SMILES string of the molecule is O=C(Nc1ccc(-c2ncc3n2CCCC3)cc1)C1CCCN1C(=O)c1ccccc1OC(F)F. The fourth-order valence-corrected chi connectivity index (χ4v) is 4.87. The smallest absolute Gasteiger partial charge is 0.387 e. The van der Waals surface area contributed by atoms with Gasteiger partial charge in [-0.15, -0.1) is 0 Å². The highest BCUT2D eigenvalue weighted by Gasteiger charge is 2.35. The van der Waals surface area contributed by atoms with Crippen molar-refractivity contribution in [1.29, 1.82) is 0 Å². The van der Waals surface area contributed by atoms with Gasteiger partial charge >= 0.3 is 6.61 Å². The number of nitrogens with zero attached hydrogens (tertiary/aromatic N) is 3. The Balaban J connectivity index is 1.28. The van der Waals surface area contributed by atoms with Crippen LogP contribution in [0.5, 0.6) is 5.75 Å². The molecule has 0 saturated carbocycles. The maximum atomic E-state index is 13.1. The van der Waals surface area contributed by atoms with E-state index in [0.717, 1.165) is 30.8 Å². The number of aromatic nitrogens is 2. The highest BCUT2D eigenvalue weighted by molar-refractivity contribution is 6.02. The molecular weight excluding hydrogens is 454 g/mol. The molecule has 2 aromatic carbocycles. The predicted molar refractivity (Wildman–Crippen MR) is 126 cm³/mol. The summed E-state index contributed by atoms with van der Waals surface area (Å²) in [5.41, 5.74) is 2.85. The van der Waals surface area contributed by atoms with Crippen molar-refractivity contribution in [2.45, 2.75) is 51.3 Å². The fourth-order valence-electron chi connectivity index (χ4n) is 4.87. The molecule has 3 aromatic rings. The molecule has 7 nitrogen and oxygen atoms in total. The number of anilines is 1. The fraction of sp³-hybridized carbons (Fsp3) is 0.346. The van der Waals surface area contributed by atoms with Crippen LogP contribution in [-0.4, -0.2) is 45.5 Å². The average Bonchev–Trinajstić information content (AvgIpc) is 3.52. The van der Waals surface area contributed by atoms with Crippen LogP contribution < -0.4 is 10.1 Å². The summed E-state index contributed by atoms with van der Waals surface area (Å²) in [6, 6.07) is 12.7. The molecule has 2 amide bonds. The number of imidazole rings is 1. The number of aryl methyl sites for hydroxylation is 1. The number of ether oxygens (including phenoxy) is 1. The van der Waals surface area contributed by atoms with Gasteiger partial charge in [-0.25, -0.2) is 4.98 Å². The molecule has 35 heavy (non-hydrogen) atoms. The Bertz CT molecular complexity index is 1230. The minimum Gasteiger partial charge on any atom is -0.434 e. The molecule has 1 atom stereocenters. The highest BCUT2D eigenvalue weighted by atomic mass is 19.3. The maximum Gasteiger partial charge on any atom is 0.387 e. The number of rotatable bonds is 6. The zero-order valence-corrected chi connectivity index (χ0v) is 19.1. The van der Waals surface area contributed by atoms with Crippen molar-refractivity contribution < 1.29 is 23.1 Å². The number of alkyl halides is 2. The first-order valence-corrected chi connectivity index (χ1v) is 11.8. The molecule has 1 fully saturated rings. The number of benzene rings is 2. The second-order valence-corrected chi connectivity index (χ2v) is 8.78. The van der Waals surface area contributed by atoms with Crippen molar-refractivity contribution in [2.24, 2.45) is 0 Å². The molecule has 9 heteroatoms. The van der Waals surface area contributed by atoms with Gasteiger partial charge in [0.1, 0.15) is 17.6 Å². The summed E-state index contributed by atoms with van der Waals surface area (Å²) >= 11 is 0. The standard InChI is InChI=1S/C26H26F2N4O3/c27-26(28)35-22-9-2-1-7-20(22)25(34)32-15-5-8-21(32)24(33)30-18-12-10-17(11-13-18)23-29-16-19-6-3-4-14-31(19)23/h1-2,7,9-13,16,21,26H,3-6,8,14-15H2,(H,30,33). The van der Waals surface area contributed by atoms with E-state index >= 15 is 0 Å². The molecule has 5 rings (SSSR count). The minimum atomic E-state index is -3.04. The van der Waals surface area contributed by atoms with Gasteiger partial charge in [-0.1, -0.05) is 12.1 Å². The van der Waals surface area contributed by atoms with E-state index in [1.807, 2.05) is 30.5 Å². The maximum absolute atomic E-state index is 13.1. The normalized spacial score (nSPS) is 17.3. The Kier molecular flexibility index (Phi) is 6.48. The number of fused-ring (bicyclic) bond motifs is 1. The molecule has 0 aliphatic carbocycles. The van der Waals surface area contributed by atoms with Crippen molar-refractivity contribution in [3.63, 3.8) is 0 Å². The van der Waals surface area contributed by atoms with Gasteiger partial charge in [0.2, 0.25) is 5.91 Å². The summed E-state index contributed by atoms with van der Waals surface area (Å²) in [5.74, 6) is -0.0856. The number of halogens is 2. The Morgan fingerprint density at radius 1 is 1.03 bits per heavy atom. The second-order valence-electron chi connectivity index (χ2n) is 8.78. The molecule has 1 unspecified atom stereocenters. The van der Waals surface area contributed by atoms with Crippen molar-refractivity contribution in [2.75, 3.05) is 11.9 Å². The lowest BCUT2D eigenvalue weighted by atomic mass is 10.1. The Hall–Kier alpha value is -3.75. The van der Waals surface area contributed by atoms with Gasteiger partial charge in [-0.2, -0.15) is 8.78 Å². The Labute approximate surface area is 201 Å². The quantitative estimate of drug-likeness (QED) is 0.553. The van der Waals surface area contributed by atoms with E-state index in [1.54, 1.807) is 6.07 Å². The van der Waals surface area contributed by atoms with Crippen LogP contribution in [-0.2, 0) is 17.8 Å². The van der Waals surface area contributed by atoms with E-state index in [-0.39, 0.29) is 17.2 Å². The number of hydrogen-bond donors (Lipinski definition) is 1. The first kappa shape index (κ1) is 23.0. The predicted octanol–water partition coefficient (Wildman–Crippen LogP) is 4.73. The third-order valence-electron chi connectivity index (χ3n) is 6.56. The summed E-state index contributed by atoms with van der Waals surface area (Å²) < 4.78 is 32.3.